The molecule has 2 aromatic rings. The third-order valence-corrected chi connectivity index (χ3v) is 4.79. The normalized spacial score (nSPS) is 19.6. The van der Waals surface area contributed by atoms with Gasteiger partial charge in [-0.1, -0.05) is 5.16 Å². The molecule has 0 N–H and O–H groups in total. The topological polar surface area (TPSA) is 75.4 Å². The zero-order valence-corrected chi connectivity index (χ0v) is 12.9. The minimum atomic E-state index is -0.0171. The summed E-state index contributed by atoms with van der Waals surface area (Å²) in [6.07, 6.45) is 9.37. The average Bonchev–Trinajstić information content (AvgIpc) is 3.10. The van der Waals surface area contributed by atoms with E-state index < -0.39 is 0 Å². The van der Waals surface area contributed by atoms with E-state index in [9.17, 15) is 4.79 Å². The fraction of sp³-hybridized carbons (Fsp3) is 0.500. The summed E-state index contributed by atoms with van der Waals surface area (Å²) in [6.45, 7) is 3.46. The van der Waals surface area contributed by atoms with Crippen LogP contribution >= 0.6 is 0 Å². The van der Waals surface area contributed by atoms with Gasteiger partial charge < -0.3 is 9.42 Å². The highest BCUT2D eigenvalue weighted by atomic mass is 16.5. The van der Waals surface area contributed by atoms with E-state index in [2.05, 4.69) is 20.0 Å². The van der Waals surface area contributed by atoms with Crippen molar-refractivity contribution in [3.05, 3.63) is 41.8 Å². The number of likely N-dealkylation sites (tertiary alicyclic amines) is 1. The first-order valence-electron chi connectivity index (χ1n) is 8.03. The summed E-state index contributed by atoms with van der Waals surface area (Å²) in [5, 5.41) is 4.04. The summed E-state index contributed by atoms with van der Waals surface area (Å²) < 4.78 is 5.06. The number of aromatic nitrogens is 3. The first-order chi connectivity index (χ1) is 11.3. The van der Waals surface area contributed by atoms with Crippen LogP contribution in [0, 0.1) is 0 Å². The molecule has 1 amide bonds. The Kier molecular flexibility index (Phi) is 3.78. The average molecular weight is 313 g/mol. The minimum Gasteiger partial charge on any atom is -0.364 e. The third-order valence-electron chi connectivity index (χ3n) is 4.79. The highest BCUT2D eigenvalue weighted by molar-refractivity contribution is 5.92. The van der Waals surface area contributed by atoms with Gasteiger partial charge in [0.25, 0.3) is 5.91 Å². The van der Waals surface area contributed by atoms with Crippen molar-refractivity contribution in [2.24, 2.45) is 0 Å². The number of piperidine rings is 1. The number of fused-ring (bicyclic) bond motifs is 1. The molecule has 120 valence electrons. The molecule has 2 aromatic heterocycles. The van der Waals surface area contributed by atoms with Crippen LogP contribution in [-0.4, -0.2) is 56.5 Å². The van der Waals surface area contributed by atoms with E-state index in [0.29, 0.717) is 11.7 Å². The molecule has 23 heavy (non-hydrogen) atoms. The fourth-order valence-electron chi connectivity index (χ4n) is 3.48. The van der Waals surface area contributed by atoms with Crippen LogP contribution in [0.3, 0.4) is 0 Å². The van der Waals surface area contributed by atoms with Crippen molar-refractivity contribution < 1.29 is 9.32 Å². The van der Waals surface area contributed by atoms with E-state index in [1.807, 2.05) is 4.90 Å². The number of amides is 1. The molecule has 7 heteroatoms. The summed E-state index contributed by atoms with van der Waals surface area (Å²) in [4.78, 5) is 24.8. The molecule has 1 saturated heterocycles. The van der Waals surface area contributed by atoms with E-state index in [4.69, 9.17) is 4.52 Å². The first-order valence-corrected chi connectivity index (χ1v) is 8.03. The van der Waals surface area contributed by atoms with Gasteiger partial charge in [0, 0.05) is 56.6 Å². The molecule has 2 aliphatic heterocycles. The summed E-state index contributed by atoms with van der Waals surface area (Å²) in [6, 6.07) is 0.518. The van der Waals surface area contributed by atoms with E-state index >= 15 is 0 Å². The molecule has 1 fully saturated rings. The zero-order valence-electron chi connectivity index (χ0n) is 12.9. The quantitative estimate of drug-likeness (QED) is 0.827. The van der Waals surface area contributed by atoms with Gasteiger partial charge in [0.2, 0.25) is 0 Å². The molecular weight excluding hydrogens is 294 g/mol. The number of hydrogen-bond donors (Lipinski definition) is 0. The van der Waals surface area contributed by atoms with E-state index in [1.165, 1.54) is 11.8 Å². The van der Waals surface area contributed by atoms with Crippen molar-refractivity contribution in [2.45, 2.75) is 31.8 Å². The summed E-state index contributed by atoms with van der Waals surface area (Å²) >= 11 is 0. The van der Waals surface area contributed by atoms with Crippen LogP contribution < -0.4 is 0 Å². The van der Waals surface area contributed by atoms with Gasteiger partial charge >= 0.3 is 0 Å². The predicted octanol–water partition coefficient (Wildman–Crippen LogP) is 1.13. The van der Waals surface area contributed by atoms with Gasteiger partial charge in [0.05, 0.1) is 11.9 Å². The number of carbonyl (C=O) groups is 1. The lowest BCUT2D eigenvalue weighted by Gasteiger charge is -2.39. The van der Waals surface area contributed by atoms with Crippen LogP contribution in [0.25, 0.3) is 0 Å². The third kappa shape index (κ3) is 2.84. The van der Waals surface area contributed by atoms with E-state index in [-0.39, 0.29) is 5.91 Å². The van der Waals surface area contributed by atoms with Crippen LogP contribution in [-0.2, 0) is 13.0 Å². The summed E-state index contributed by atoms with van der Waals surface area (Å²) in [5.41, 5.74) is 2.73. The standard InChI is InChI=1S/C16H19N5O2/c22-16(15-9-17-4-5-18-15)20-6-1-13(2-7-20)21-8-3-14-12(10-21)11-23-19-14/h4-5,9,11,13H,1-3,6-8,10H2. The van der Waals surface area contributed by atoms with Gasteiger partial charge in [0.1, 0.15) is 12.0 Å². The molecule has 4 rings (SSSR count). The van der Waals surface area contributed by atoms with Crippen LogP contribution in [0.15, 0.2) is 29.4 Å². The maximum atomic E-state index is 12.4. The molecule has 2 aliphatic rings. The Morgan fingerprint density at radius 2 is 2.09 bits per heavy atom. The number of carbonyl (C=O) groups excluding carboxylic acids is 1. The maximum Gasteiger partial charge on any atom is 0.274 e. The largest absolute Gasteiger partial charge is 0.364 e. The molecule has 0 spiro atoms. The van der Waals surface area contributed by atoms with Gasteiger partial charge in [0.15, 0.2) is 0 Å². The molecular formula is C16H19N5O2. The lowest BCUT2D eigenvalue weighted by molar-refractivity contribution is 0.0593. The highest BCUT2D eigenvalue weighted by Gasteiger charge is 2.30. The first kappa shape index (κ1) is 14.3. The molecule has 0 aromatic carbocycles. The zero-order chi connectivity index (χ0) is 15.6. The van der Waals surface area contributed by atoms with Gasteiger partial charge in [-0.25, -0.2) is 4.98 Å². The lowest BCUT2D eigenvalue weighted by Crippen LogP contribution is -2.48. The molecule has 0 atom stereocenters. The fourth-order valence-corrected chi connectivity index (χ4v) is 3.48. The molecule has 0 radical (unpaired) electrons. The van der Waals surface area contributed by atoms with Crippen molar-refractivity contribution in [1.82, 2.24) is 24.9 Å². The Morgan fingerprint density at radius 1 is 1.22 bits per heavy atom. The molecule has 0 unspecified atom stereocenters. The molecule has 7 nitrogen and oxygen atoms in total. The van der Waals surface area contributed by atoms with Crippen LogP contribution in [0.5, 0.6) is 0 Å². The predicted molar refractivity (Wildman–Crippen MR) is 81.6 cm³/mol. The molecule has 0 saturated carbocycles. The molecule has 0 bridgehead atoms. The van der Waals surface area contributed by atoms with Gasteiger partial charge in [-0.2, -0.15) is 0 Å². The van der Waals surface area contributed by atoms with Crippen molar-refractivity contribution in [1.29, 1.82) is 0 Å². The van der Waals surface area contributed by atoms with Crippen LogP contribution in [0.1, 0.15) is 34.6 Å². The Hall–Kier alpha value is -2.28. The molecule has 4 heterocycles. The Balaban J connectivity index is 1.36. The SMILES string of the molecule is O=C(c1cnccn1)N1CCC(N2CCc3nocc3C2)CC1. The van der Waals surface area contributed by atoms with Crippen molar-refractivity contribution in [3.63, 3.8) is 0 Å². The summed E-state index contributed by atoms with van der Waals surface area (Å²) in [5.74, 6) is -0.0171. The Morgan fingerprint density at radius 3 is 2.87 bits per heavy atom. The van der Waals surface area contributed by atoms with Gasteiger partial charge in [-0.05, 0) is 12.8 Å². The minimum absolute atomic E-state index is 0.0171. The second-order valence-electron chi connectivity index (χ2n) is 6.12. The van der Waals surface area contributed by atoms with Crippen LogP contribution in [0.4, 0.5) is 0 Å². The summed E-state index contributed by atoms with van der Waals surface area (Å²) in [7, 11) is 0. The second kappa shape index (κ2) is 6.08. The highest BCUT2D eigenvalue weighted by Crippen LogP contribution is 2.24. The Labute approximate surface area is 134 Å². The smallest absolute Gasteiger partial charge is 0.274 e. The maximum absolute atomic E-state index is 12.4. The number of hydrogen-bond acceptors (Lipinski definition) is 6. The second-order valence-corrected chi connectivity index (χ2v) is 6.12. The number of nitrogens with zero attached hydrogens (tertiary/aromatic N) is 5. The van der Waals surface area contributed by atoms with E-state index in [0.717, 1.165) is 51.1 Å². The van der Waals surface area contributed by atoms with Gasteiger partial charge in [-0.3, -0.25) is 14.7 Å². The molecule has 0 aliphatic carbocycles. The van der Waals surface area contributed by atoms with Crippen molar-refractivity contribution in [3.8, 4) is 0 Å². The van der Waals surface area contributed by atoms with Crippen LogP contribution in [0.2, 0.25) is 0 Å². The Bertz CT molecular complexity index is 679. The lowest BCUT2D eigenvalue weighted by atomic mass is 9.99. The van der Waals surface area contributed by atoms with E-state index in [1.54, 1.807) is 18.7 Å². The van der Waals surface area contributed by atoms with Crippen molar-refractivity contribution in [2.75, 3.05) is 19.6 Å². The van der Waals surface area contributed by atoms with Crippen molar-refractivity contribution >= 4 is 5.91 Å². The number of rotatable bonds is 2. The monoisotopic (exact) mass is 313 g/mol. The van der Waals surface area contributed by atoms with Gasteiger partial charge in [-0.15, -0.1) is 0 Å².